The summed E-state index contributed by atoms with van der Waals surface area (Å²) in [6, 6.07) is 24.5. The van der Waals surface area contributed by atoms with Crippen LogP contribution in [0.4, 0.5) is 5.69 Å². The molecule has 3 aromatic carbocycles. The second-order valence-electron chi connectivity index (χ2n) is 7.43. The van der Waals surface area contributed by atoms with E-state index in [4.69, 9.17) is 9.15 Å². The summed E-state index contributed by atoms with van der Waals surface area (Å²) in [6.07, 6.45) is 1.36. The lowest BCUT2D eigenvalue weighted by Crippen LogP contribution is -2.18. The number of nitrogens with one attached hydrogen (secondary N) is 1. The van der Waals surface area contributed by atoms with Crippen molar-refractivity contribution in [3.8, 4) is 17.1 Å². The number of hydrogen-bond acceptors (Lipinski definition) is 6. The van der Waals surface area contributed by atoms with Gasteiger partial charge in [0.1, 0.15) is 23.9 Å². The van der Waals surface area contributed by atoms with Crippen LogP contribution in [0.15, 0.2) is 94.4 Å². The molecule has 0 aliphatic rings. The van der Waals surface area contributed by atoms with Crippen molar-refractivity contribution >= 4 is 17.8 Å². The Morgan fingerprint density at radius 2 is 1.82 bits per heavy atom. The molecule has 1 heterocycles. The fourth-order valence-electron chi connectivity index (χ4n) is 3.29. The van der Waals surface area contributed by atoms with Crippen molar-refractivity contribution in [2.75, 3.05) is 0 Å². The van der Waals surface area contributed by atoms with E-state index in [0.29, 0.717) is 35.0 Å². The van der Waals surface area contributed by atoms with E-state index in [1.165, 1.54) is 18.3 Å². The molecule has 4 rings (SSSR count). The minimum atomic E-state index is -0.453. The molecule has 0 radical (unpaired) electrons. The van der Waals surface area contributed by atoms with Gasteiger partial charge < -0.3 is 9.15 Å². The van der Waals surface area contributed by atoms with E-state index in [2.05, 4.69) is 10.5 Å². The van der Waals surface area contributed by atoms with E-state index in [-0.39, 0.29) is 5.69 Å². The van der Waals surface area contributed by atoms with Crippen LogP contribution in [0.1, 0.15) is 27.2 Å². The van der Waals surface area contributed by atoms with E-state index in [0.717, 1.165) is 11.1 Å². The first-order valence-corrected chi connectivity index (χ1v) is 10.5. The minimum absolute atomic E-state index is 0.0207. The highest BCUT2D eigenvalue weighted by atomic mass is 16.6. The normalized spacial score (nSPS) is 10.9. The second-order valence-corrected chi connectivity index (χ2v) is 7.43. The molecule has 1 N–H and O–H groups in total. The van der Waals surface area contributed by atoms with E-state index < -0.39 is 10.8 Å². The molecule has 0 spiro atoms. The number of carbonyl (C=O) groups excluding carboxylic acids is 1. The van der Waals surface area contributed by atoms with Crippen LogP contribution in [0.2, 0.25) is 0 Å². The summed E-state index contributed by atoms with van der Waals surface area (Å²) in [5.41, 5.74) is 5.24. The Morgan fingerprint density at radius 3 is 2.62 bits per heavy atom. The summed E-state index contributed by atoms with van der Waals surface area (Å²) < 4.78 is 11.6. The van der Waals surface area contributed by atoms with Gasteiger partial charge in [0, 0.05) is 17.7 Å². The highest BCUT2D eigenvalue weighted by molar-refractivity contribution is 5.97. The van der Waals surface area contributed by atoms with Crippen molar-refractivity contribution in [1.29, 1.82) is 0 Å². The van der Waals surface area contributed by atoms with Crippen LogP contribution < -0.4 is 10.2 Å². The predicted molar refractivity (Wildman–Crippen MR) is 128 cm³/mol. The van der Waals surface area contributed by atoms with Crippen LogP contribution in [0.25, 0.3) is 11.3 Å². The number of hydrazone groups is 1. The van der Waals surface area contributed by atoms with E-state index in [1.54, 1.807) is 42.5 Å². The first-order valence-electron chi connectivity index (χ1n) is 10.5. The number of hydrogen-bond donors (Lipinski definition) is 1. The number of aryl methyl sites for hydroxylation is 1. The molecule has 0 saturated carbocycles. The van der Waals surface area contributed by atoms with Gasteiger partial charge in [-0.05, 0) is 42.3 Å². The number of amides is 1. The van der Waals surface area contributed by atoms with Crippen molar-refractivity contribution in [3.05, 3.63) is 117 Å². The van der Waals surface area contributed by atoms with Gasteiger partial charge in [0.15, 0.2) is 0 Å². The van der Waals surface area contributed by atoms with Crippen LogP contribution in [0.3, 0.4) is 0 Å². The second kappa shape index (κ2) is 10.3. The van der Waals surface area contributed by atoms with Crippen molar-refractivity contribution in [2.24, 2.45) is 5.10 Å². The molecule has 0 unspecified atom stereocenters. The number of rotatable bonds is 8. The summed E-state index contributed by atoms with van der Waals surface area (Å²) >= 11 is 0. The number of para-hydroxylation sites is 1. The van der Waals surface area contributed by atoms with E-state index in [1.807, 2.05) is 37.3 Å². The summed E-state index contributed by atoms with van der Waals surface area (Å²) in [4.78, 5) is 23.3. The quantitative estimate of drug-likeness (QED) is 0.214. The van der Waals surface area contributed by atoms with Crippen LogP contribution in [-0.2, 0) is 6.61 Å². The molecular weight excluding hydrogens is 434 g/mol. The summed E-state index contributed by atoms with van der Waals surface area (Å²) in [5.74, 6) is 0.866. The molecule has 8 heteroatoms. The Hall–Kier alpha value is -4.72. The molecule has 170 valence electrons. The van der Waals surface area contributed by atoms with Crippen LogP contribution in [0.5, 0.6) is 5.75 Å². The highest BCUT2D eigenvalue weighted by Gasteiger charge is 2.14. The standard InChI is InChI=1S/C26H21N3O5/c1-18-11-12-20(29(31)32)15-23(18)25-14-13-21(34-25)16-27-28-26(30)22-9-5-6-10-24(22)33-17-19-7-3-2-4-8-19/h2-16H,17H2,1H3,(H,28,30)/b27-16+. The Bertz CT molecular complexity index is 1350. The van der Waals surface area contributed by atoms with Gasteiger partial charge in [0.2, 0.25) is 0 Å². The Labute approximate surface area is 195 Å². The molecule has 0 atom stereocenters. The molecule has 34 heavy (non-hydrogen) atoms. The molecule has 0 aliphatic carbocycles. The molecule has 0 aliphatic heterocycles. The molecule has 8 nitrogen and oxygen atoms in total. The van der Waals surface area contributed by atoms with E-state index in [9.17, 15) is 14.9 Å². The molecule has 1 amide bonds. The van der Waals surface area contributed by atoms with Crippen LogP contribution in [-0.4, -0.2) is 17.0 Å². The molecule has 0 fully saturated rings. The number of non-ortho nitro benzene ring substituents is 1. The molecule has 1 aromatic heterocycles. The SMILES string of the molecule is Cc1ccc([N+](=O)[O-])cc1-c1ccc(/C=N/NC(=O)c2ccccc2OCc2ccccc2)o1. The maximum atomic E-state index is 12.6. The van der Waals surface area contributed by atoms with Crippen molar-refractivity contribution < 1.29 is 18.9 Å². The third kappa shape index (κ3) is 5.36. The molecular formula is C26H21N3O5. The fraction of sp³-hybridized carbons (Fsp3) is 0.0769. The average Bonchev–Trinajstić information content (AvgIpc) is 3.32. The zero-order chi connectivity index (χ0) is 23.9. The van der Waals surface area contributed by atoms with Crippen LogP contribution in [0, 0.1) is 17.0 Å². The van der Waals surface area contributed by atoms with Crippen molar-refractivity contribution in [1.82, 2.24) is 5.43 Å². The predicted octanol–water partition coefficient (Wildman–Crippen LogP) is 5.51. The smallest absolute Gasteiger partial charge is 0.275 e. The van der Waals surface area contributed by atoms with Gasteiger partial charge in [-0.15, -0.1) is 0 Å². The maximum absolute atomic E-state index is 12.6. The Balaban J connectivity index is 1.42. The number of ether oxygens (including phenoxy) is 1. The summed E-state index contributed by atoms with van der Waals surface area (Å²) in [7, 11) is 0. The fourth-order valence-corrected chi connectivity index (χ4v) is 3.29. The summed E-state index contributed by atoms with van der Waals surface area (Å²) in [6.45, 7) is 2.17. The Morgan fingerprint density at radius 1 is 1.06 bits per heavy atom. The monoisotopic (exact) mass is 455 g/mol. The maximum Gasteiger partial charge on any atom is 0.275 e. The van der Waals surface area contributed by atoms with Crippen LogP contribution >= 0.6 is 0 Å². The zero-order valence-corrected chi connectivity index (χ0v) is 18.3. The van der Waals surface area contributed by atoms with Gasteiger partial charge in [-0.3, -0.25) is 14.9 Å². The largest absolute Gasteiger partial charge is 0.488 e. The van der Waals surface area contributed by atoms with Gasteiger partial charge >= 0.3 is 0 Å². The third-order valence-electron chi connectivity index (χ3n) is 5.05. The zero-order valence-electron chi connectivity index (χ0n) is 18.3. The number of nitro groups is 1. The van der Waals surface area contributed by atoms with Crippen molar-refractivity contribution in [3.63, 3.8) is 0 Å². The lowest BCUT2D eigenvalue weighted by molar-refractivity contribution is -0.384. The van der Waals surface area contributed by atoms with Gasteiger partial charge in [0.05, 0.1) is 16.7 Å². The molecule has 0 bridgehead atoms. The number of nitrogens with zero attached hydrogens (tertiary/aromatic N) is 2. The minimum Gasteiger partial charge on any atom is -0.488 e. The average molecular weight is 455 g/mol. The first-order chi connectivity index (χ1) is 16.5. The number of carbonyl (C=O) groups is 1. The van der Waals surface area contributed by atoms with Gasteiger partial charge in [-0.1, -0.05) is 48.5 Å². The summed E-state index contributed by atoms with van der Waals surface area (Å²) in [5, 5.41) is 15.0. The van der Waals surface area contributed by atoms with Gasteiger partial charge in [-0.2, -0.15) is 5.10 Å². The van der Waals surface area contributed by atoms with Crippen molar-refractivity contribution in [2.45, 2.75) is 13.5 Å². The number of benzene rings is 3. The molecule has 0 saturated heterocycles. The van der Waals surface area contributed by atoms with E-state index >= 15 is 0 Å². The first kappa shape index (κ1) is 22.5. The topological polar surface area (TPSA) is 107 Å². The highest BCUT2D eigenvalue weighted by Crippen LogP contribution is 2.29. The molecule has 4 aromatic rings. The lowest BCUT2D eigenvalue weighted by atomic mass is 10.1. The number of furan rings is 1. The van der Waals surface area contributed by atoms with Gasteiger partial charge in [-0.25, -0.2) is 5.43 Å². The number of nitro benzene ring substituents is 1. The third-order valence-corrected chi connectivity index (χ3v) is 5.05. The van der Waals surface area contributed by atoms with Gasteiger partial charge in [0.25, 0.3) is 11.6 Å². The lowest BCUT2D eigenvalue weighted by Gasteiger charge is -2.10. The Kier molecular flexibility index (Phi) is 6.78.